The van der Waals surface area contributed by atoms with Crippen LogP contribution in [0.5, 0.6) is 0 Å². The molecule has 0 bridgehead atoms. The van der Waals surface area contributed by atoms with Gasteiger partial charge in [-0.1, -0.05) is 52.8 Å². The first-order valence-corrected chi connectivity index (χ1v) is 5.18. The Kier molecular flexibility index (Phi) is 2.96. The predicted octanol–water partition coefficient (Wildman–Crippen LogP) is 3.33. The van der Waals surface area contributed by atoms with Crippen LogP contribution in [-0.4, -0.2) is 4.43 Å². The molecule has 1 rings (SSSR count). The lowest BCUT2D eigenvalue weighted by atomic mass is 9.90. The number of rotatable bonds is 1. The van der Waals surface area contributed by atoms with Crippen LogP contribution >= 0.6 is 22.6 Å². The van der Waals surface area contributed by atoms with E-state index >= 15 is 0 Å². The molecule has 0 amide bonds. The van der Waals surface area contributed by atoms with Crippen LogP contribution in [0.2, 0.25) is 0 Å². The molecule has 0 N–H and O–H groups in total. The summed E-state index contributed by atoms with van der Waals surface area (Å²) < 4.78 is 1.18. The van der Waals surface area contributed by atoms with E-state index in [0.29, 0.717) is 0 Å². The van der Waals surface area contributed by atoms with E-state index in [-0.39, 0.29) is 0 Å². The molecule has 0 heterocycles. The minimum absolute atomic E-state index is 0.780. The summed E-state index contributed by atoms with van der Waals surface area (Å²) in [5.74, 6) is 0.780. The molecule has 0 nitrogen and oxygen atoms in total. The monoisotopic (exact) mass is 248 g/mol. The topological polar surface area (TPSA) is 0 Å². The highest BCUT2D eigenvalue weighted by Gasteiger charge is 2.10. The summed E-state index contributed by atoms with van der Waals surface area (Å²) in [5.41, 5.74) is 3.10. The van der Waals surface area contributed by atoms with E-state index in [9.17, 15) is 0 Å². The Morgan fingerprint density at radius 1 is 1.60 bits per heavy atom. The molecule has 0 aliphatic heterocycles. The van der Waals surface area contributed by atoms with Gasteiger partial charge in [-0.25, -0.2) is 0 Å². The van der Waals surface area contributed by atoms with Crippen molar-refractivity contribution in [1.29, 1.82) is 0 Å². The Morgan fingerprint density at radius 2 is 2.30 bits per heavy atom. The second-order valence-electron chi connectivity index (χ2n) is 2.99. The standard InChI is InChI=1S/C9H13I/c1-7-3-4-9(6-10)8(2)5-7/h3-4,8H,5-6H2,1-2H3. The molecule has 0 aromatic heterocycles. The molecule has 0 saturated heterocycles. The molecule has 1 heteroatoms. The molecule has 1 aliphatic carbocycles. The number of alkyl halides is 1. The minimum Gasteiger partial charge on any atom is -0.0815 e. The van der Waals surface area contributed by atoms with E-state index in [1.54, 1.807) is 5.57 Å². The van der Waals surface area contributed by atoms with Crippen molar-refractivity contribution < 1.29 is 0 Å². The van der Waals surface area contributed by atoms with Crippen LogP contribution in [0.4, 0.5) is 0 Å². The average molecular weight is 248 g/mol. The summed E-state index contributed by atoms with van der Waals surface area (Å²) in [4.78, 5) is 0. The normalized spacial score (nSPS) is 25.7. The molecule has 0 aromatic carbocycles. The van der Waals surface area contributed by atoms with E-state index in [1.807, 2.05) is 0 Å². The Hall–Kier alpha value is 0.210. The summed E-state index contributed by atoms with van der Waals surface area (Å²) in [7, 11) is 0. The lowest BCUT2D eigenvalue weighted by Crippen LogP contribution is -2.04. The molecule has 0 aromatic rings. The third kappa shape index (κ3) is 1.84. The predicted molar refractivity (Wildman–Crippen MR) is 54.5 cm³/mol. The van der Waals surface area contributed by atoms with Crippen molar-refractivity contribution >= 4 is 22.6 Å². The zero-order valence-corrected chi connectivity index (χ0v) is 8.68. The molecule has 0 radical (unpaired) electrons. The summed E-state index contributed by atoms with van der Waals surface area (Å²) in [6.07, 6.45) is 5.78. The first kappa shape index (κ1) is 8.31. The maximum atomic E-state index is 2.43. The van der Waals surface area contributed by atoms with Crippen LogP contribution < -0.4 is 0 Å². The molecular weight excluding hydrogens is 235 g/mol. The second kappa shape index (κ2) is 3.56. The van der Waals surface area contributed by atoms with Gasteiger partial charge in [-0.05, 0) is 19.3 Å². The van der Waals surface area contributed by atoms with Crippen molar-refractivity contribution in [2.24, 2.45) is 5.92 Å². The van der Waals surface area contributed by atoms with Gasteiger partial charge in [-0.15, -0.1) is 0 Å². The fourth-order valence-electron chi connectivity index (χ4n) is 1.27. The van der Waals surface area contributed by atoms with Crippen LogP contribution in [0.15, 0.2) is 23.3 Å². The van der Waals surface area contributed by atoms with Gasteiger partial charge in [0.2, 0.25) is 0 Å². The molecule has 1 unspecified atom stereocenters. The summed E-state index contributed by atoms with van der Waals surface area (Å²) in [6, 6.07) is 0. The van der Waals surface area contributed by atoms with E-state index < -0.39 is 0 Å². The van der Waals surface area contributed by atoms with Crippen molar-refractivity contribution in [2.75, 3.05) is 4.43 Å². The summed E-state index contributed by atoms with van der Waals surface area (Å²) in [6.45, 7) is 4.51. The number of allylic oxidation sites excluding steroid dienone is 4. The Morgan fingerprint density at radius 3 is 2.80 bits per heavy atom. The van der Waals surface area contributed by atoms with E-state index in [4.69, 9.17) is 0 Å². The maximum absolute atomic E-state index is 2.43. The van der Waals surface area contributed by atoms with Crippen molar-refractivity contribution in [3.8, 4) is 0 Å². The zero-order chi connectivity index (χ0) is 7.56. The second-order valence-corrected chi connectivity index (χ2v) is 3.76. The Labute approximate surface area is 76.5 Å². The molecule has 0 spiro atoms. The first-order chi connectivity index (χ1) is 4.74. The van der Waals surface area contributed by atoms with Crippen molar-refractivity contribution in [2.45, 2.75) is 20.3 Å². The van der Waals surface area contributed by atoms with Crippen LogP contribution in [0.3, 0.4) is 0 Å². The number of hydrogen-bond donors (Lipinski definition) is 0. The third-order valence-electron chi connectivity index (χ3n) is 2.00. The van der Waals surface area contributed by atoms with E-state index in [0.717, 1.165) is 5.92 Å². The van der Waals surface area contributed by atoms with Crippen LogP contribution in [0.25, 0.3) is 0 Å². The highest BCUT2D eigenvalue weighted by atomic mass is 127. The van der Waals surface area contributed by atoms with Gasteiger partial charge in [0.15, 0.2) is 0 Å². The molecule has 56 valence electrons. The van der Waals surface area contributed by atoms with Gasteiger partial charge >= 0.3 is 0 Å². The Bertz CT molecular complexity index is 177. The first-order valence-electron chi connectivity index (χ1n) is 3.66. The molecular formula is C9H13I. The fraction of sp³-hybridized carbons (Fsp3) is 0.556. The largest absolute Gasteiger partial charge is 0.0815 e. The van der Waals surface area contributed by atoms with E-state index in [2.05, 4.69) is 48.6 Å². The van der Waals surface area contributed by atoms with Crippen LogP contribution in [-0.2, 0) is 0 Å². The lowest BCUT2D eigenvalue weighted by Gasteiger charge is -2.17. The molecule has 0 saturated carbocycles. The SMILES string of the molecule is CC1=CC=C(CI)C(C)C1. The van der Waals surface area contributed by atoms with Gasteiger partial charge in [-0.2, -0.15) is 0 Å². The molecule has 1 atom stereocenters. The summed E-state index contributed by atoms with van der Waals surface area (Å²) in [5, 5.41) is 0. The highest BCUT2D eigenvalue weighted by molar-refractivity contribution is 14.1. The van der Waals surface area contributed by atoms with Gasteiger partial charge in [0.1, 0.15) is 0 Å². The molecule has 10 heavy (non-hydrogen) atoms. The van der Waals surface area contributed by atoms with Crippen molar-refractivity contribution in [1.82, 2.24) is 0 Å². The van der Waals surface area contributed by atoms with Gasteiger partial charge in [0.05, 0.1) is 0 Å². The van der Waals surface area contributed by atoms with Crippen molar-refractivity contribution in [3.63, 3.8) is 0 Å². The Balaban J connectivity index is 2.71. The minimum atomic E-state index is 0.780. The van der Waals surface area contributed by atoms with Gasteiger partial charge in [0, 0.05) is 4.43 Å². The van der Waals surface area contributed by atoms with Gasteiger partial charge in [0.25, 0.3) is 0 Å². The fourth-order valence-corrected chi connectivity index (χ4v) is 2.28. The molecule has 0 fully saturated rings. The molecule has 1 aliphatic rings. The maximum Gasteiger partial charge on any atom is 0.0211 e. The summed E-state index contributed by atoms with van der Waals surface area (Å²) >= 11 is 2.43. The van der Waals surface area contributed by atoms with Gasteiger partial charge < -0.3 is 0 Å². The average Bonchev–Trinajstić information content (AvgIpc) is 1.88. The van der Waals surface area contributed by atoms with E-state index in [1.165, 1.54) is 16.4 Å². The highest BCUT2D eigenvalue weighted by Crippen LogP contribution is 2.25. The number of hydrogen-bond acceptors (Lipinski definition) is 0. The lowest BCUT2D eigenvalue weighted by molar-refractivity contribution is 0.667. The van der Waals surface area contributed by atoms with Crippen LogP contribution in [0, 0.1) is 5.92 Å². The zero-order valence-electron chi connectivity index (χ0n) is 6.52. The quantitative estimate of drug-likeness (QED) is 0.493. The number of halogens is 1. The smallest absolute Gasteiger partial charge is 0.0211 e. The third-order valence-corrected chi connectivity index (χ3v) is 2.88. The van der Waals surface area contributed by atoms with Gasteiger partial charge in [-0.3, -0.25) is 0 Å². The van der Waals surface area contributed by atoms with Crippen molar-refractivity contribution in [3.05, 3.63) is 23.3 Å². The van der Waals surface area contributed by atoms with Crippen LogP contribution in [0.1, 0.15) is 20.3 Å².